The predicted octanol–water partition coefficient (Wildman–Crippen LogP) is 15.6. The van der Waals surface area contributed by atoms with Gasteiger partial charge in [-0.25, -0.2) is 0 Å². The van der Waals surface area contributed by atoms with Crippen molar-refractivity contribution in [1.82, 2.24) is 0 Å². The van der Waals surface area contributed by atoms with E-state index in [0.717, 1.165) is 39.0 Å². The first-order valence-corrected chi connectivity index (χ1v) is 19.5. The molecule has 0 aliphatic carbocycles. The number of anilines is 3. The van der Waals surface area contributed by atoms with Crippen molar-refractivity contribution in [3.63, 3.8) is 0 Å². The van der Waals surface area contributed by atoms with Crippen molar-refractivity contribution in [2.45, 2.75) is 0 Å². The second-order valence-corrected chi connectivity index (χ2v) is 15.1. The molecule has 0 saturated heterocycles. The van der Waals surface area contributed by atoms with Gasteiger partial charge in [0.15, 0.2) is 5.58 Å². The highest BCUT2D eigenvalue weighted by Gasteiger charge is 2.22. The van der Waals surface area contributed by atoms with Gasteiger partial charge in [-0.05, 0) is 98.8 Å². The van der Waals surface area contributed by atoms with Gasteiger partial charge >= 0.3 is 0 Å². The summed E-state index contributed by atoms with van der Waals surface area (Å²) in [5.41, 5.74) is 12.0. The molecule has 0 aliphatic rings. The number of hydrogen-bond donors (Lipinski definition) is 0. The monoisotopic (exact) mass is 719 g/mol. The summed E-state index contributed by atoms with van der Waals surface area (Å²) in [5.74, 6) is 0. The molecule has 2 aromatic heterocycles. The summed E-state index contributed by atoms with van der Waals surface area (Å²) in [5, 5.41) is 7.25. The van der Waals surface area contributed by atoms with Crippen LogP contribution in [0, 0.1) is 0 Å². The highest BCUT2D eigenvalue weighted by Crippen LogP contribution is 2.46. The van der Waals surface area contributed by atoms with Crippen molar-refractivity contribution in [3.05, 3.63) is 200 Å². The topological polar surface area (TPSA) is 16.4 Å². The molecule has 0 spiro atoms. The van der Waals surface area contributed by atoms with Gasteiger partial charge in [-0.2, -0.15) is 0 Å². The van der Waals surface area contributed by atoms with Crippen LogP contribution in [0.3, 0.4) is 0 Å². The third kappa shape index (κ3) is 5.32. The fraction of sp³-hybridized carbons (Fsp3) is 0. The molecule has 0 aliphatic heterocycles. The van der Waals surface area contributed by atoms with Crippen molar-refractivity contribution in [2.75, 3.05) is 4.90 Å². The minimum atomic E-state index is 0.862. The lowest BCUT2D eigenvalue weighted by Gasteiger charge is -2.27. The Morgan fingerprint density at radius 1 is 0.364 bits per heavy atom. The summed E-state index contributed by atoms with van der Waals surface area (Å²) >= 11 is 1.86. The maximum atomic E-state index is 6.69. The van der Waals surface area contributed by atoms with Gasteiger partial charge in [0, 0.05) is 42.3 Å². The smallest absolute Gasteiger partial charge is 0.159 e. The summed E-state index contributed by atoms with van der Waals surface area (Å²) in [7, 11) is 0. The van der Waals surface area contributed by atoms with Gasteiger partial charge in [0.2, 0.25) is 0 Å². The number of benzene rings is 9. The average molecular weight is 720 g/mol. The van der Waals surface area contributed by atoms with Crippen LogP contribution in [0.1, 0.15) is 0 Å². The Balaban J connectivity index is 1.17. The quantitative estimate of drug-likeness (QED) is 0.170. The molecule has 0 fully saturated rings. The Labute approximate surface area is 322 Å². The van der Waals surface area contributed by atoms with Crippen LogP contribution in [0.2, 0.25) is 0 Å². The van der Waals surface area contributed by atoms with Gasteiger partial charge in [0.05, 0.1) is 5.69 Å². The summed E-state index contributed by atoms with van der Waals surface area (Å²) in [6, 6.07) is 72.3. The maximum absolute atomic E-state index is 6.69. The van der Waals surface area contributed by atoms with Gasteiger partial charge in [-0.15, -0.1) is 11.3 Å². The summed E-state index contributed by atoms with van der Waals surface area (Å²) in [6.45, 7) is 0. The third-order valence-corrected chi connectivity index (χ3v) is 12.0. The number of thiophene rings is 1. The molecule has 2 heterocycles. The maximum Gasteiger partial charge on any atom is 0.159 e. The Morgan fingerprint density at radius 2 is 1.02 bits per heavy atom. The zero-order valence-corrected chi connectivity index (χ0v) is 30.6. The van der Waals surface area contributed by atoms with Gasteiger partial charge in [-0.3, -0.25) is 0 Å². The molecule has 0 N–H and O–H groups in total. The molecule has 11 rings (SSSR count). The second kappa shape index (κ2) is 12.9. The highest BCUT2D eigenvalue weighted by molar-refractivity contribution is 7.25. The molecule has 11 aromatic rings. The van der Waals surface area contributed by atoms with Crippen LogP contribution in [0.15, 0.2) is 205 Å². The van der Waals surface area contributed by atoms with Crippen LogP contribution in [0.5, 0.6) is 0 Å². The number of rotatable bonds is 6. The molecular formula is C52H33NOS. The molecule has 0 saturated carbocycles. The van der Waals surface area contributed by atoms with E-state index in [9.17, 15) is 0 Å². The molecule has 0 bridgehead atoms. The molecule has 0 amide bonds. The van der Waals surface area contributed by atoms with Gasteiger partial charge in [0.25, 0.3) is 0 Å². The highest BCUT2D eigenvalue weighted by atomic mass is 32.1. The fourth-order valence-electron chi connectivity index (χ4n) is 8.27. The van der Waals surface area contributed by atoms with Crippen LogP contribution in [0.4, 0.5) is 17.1 Å². The first kappa shape index (κ1) is 31.6. The summed E-state index contributed by atoms with van der Waals surface area (Å²) in [4.78, 5) is 2.35. The van der Waals surface area contributed by atoms with Gasteiger partial charge in [0.1, 0.15) is 5.58 Å². The number of para-hydroxylation sites is 2. The Bertz CT molecular complexity index is 3200. The zero-order chi connectivity index (χ0) is 36.3. The number of nitrogens with zero attached hydrogens (tertiary/aromatic N) is 1. The number of furan rings is 1. The normalized spacial score (nSPS) is 11.6. The standard InChI is InChI=1S/C52H33NOS/c1-2-12-34(13-3-1)35-24-27-38(28-25-35)53(48-21-11-20-45-43-17-6-8-22-49(43)54-52(45)48)39-29-30-41(46(33-39)42-19-10-15-36-14-4-5-16-40(36)42)37-26-31-51-47(32-37)44-18-7-9-23-50(44)55-51/h1-33H. The van der Waals surface area contributed by atoms with Gasteiger partial charge in [-0.1, -0.05) is 146 Å². The van der Waals surface area contributed by atoms with Crippen LogP contribution < -0.4 is 4.90 Å². The molecule has 0 unspecified atom stereocenters. The Morgan fingerprint density at radius 3 is 1.91 bits per heavy atom. The number of fused-ring (bicyclic) bond motifs is 7. The molecule has 55 heavy (non-hydrogen) atoms. The van der Waals surface area contributed by atoms with E-state index in [0.29, 0.717) is 0 Å². The molecule has 0 atom stereocenters. The van der Waals surface area contributed by atoms with E-state index in [1.807, 2.05) is 17.4 Å². The van der Waals surface area contributed by atoms with E-state index >= 15 is 0 Å². The van der Waals surface area contributed by atoms with Crippen molar-refractivity contribution >= 4 is 81.3 Å². The summed E-state index contributed by atoms with van der Waals surface area (Å²) < 4.78 is 9.31. The minimum absolute atomic E-state index is 0.862. The third-order valence-electron chi connectivity index (χ3n) is 10.9. The molecule has 258 valence electrons. The fourth-order valence-corrected chi connectivity index (χ4v) is 9.36. The molecule has 9 aromatic carbocycles. The van der Waals surface area contributed by atoms with Crippen LogP contribution in [-0.2, 0) is 0 Å². The molecular weight excluding hydrogens is 687 g/mol. The molecule has 0 radical (unpaired) electrons. The van der Waals surface area contributed by atoms with E-state index in [1.54, 1.807) is 0 Å². The van der Waals surface area contributed by atoms with Crippen molar-refractivity contribution < 1.29 is 4.42 Å². The lowest BCUT2D eigenvalue weighted by Crippen LogP contribution is -2.10. The lowest BCUT2D eigenvalue weighted by atomic mass is 9.90. The predicted molar refractivity (Wildman–Crippen MR) is 235 cm³/mol. The van der Waals surface area contributed by atoms with Crippen molar-refractivity contribution in [1.29, 1.82) is 0 Å². The van der Waals surface area contributed by atoms with E-state index in [4.69, 9.17) is 4.42 Å². The zero-order valence-electron chi connectivity index (χ0n) is 29.8. The average Bonchev–Trinajstić information content (AvgIpc) is 3.83. The minimum Gasteiger partial charge on any atom is -0.454 e. The largest absolute Gasteiger partial charge is 0.454 e. The molecule has 3 heteroatoms. The second-order valence-electron chi connectivity index (χ2n) is 14.1. The van der Waals surface area contributed by atoms with Crippen molar-refractivity contribution in [2.24, 2.45) is 0 Å². The van der Waals surface area contributed by atoms with Crippen LogP contribution in [-0.4, -0.2) is 0 Å². The Hall–Kier alpha value is -6.94. The summed E-state index contributed by atoms with van der Waals surface area (Å²) in [6.07, 6.45) is 0. The van der Waals surface area contributed by atoms with E-state index < -0.39 is 0 Å². The van der Waals surface area contributed by atoms with E-state index in [-0.39, 0.29) is 0 Å². The first-order chi connectivity index (χ1) is 27.3. The van der Waals surface area contributed by atoms with Gasteiger partial charge < -0.3 is 9.32 Å². The first-order valence-electron chi connectivity index (χ1n) is 18.7. The van der Waals surface area contributed by atoms with Crippen LogP contribution >= 0.6 is 11.3 Å². The SMILES string of the molecule is c1ccc(-c2ccc(N(c3ccc(-c4ccc5sc6ccccc6c5c4)c(-c4cccc5ccccc45)c3)c3cccc4c3oc3ccccc34)cc2)cc1. The number of hydrogen-bond acceptors (Lipinski definition) is 3. The van der Waals surface area contributed by atoms with Crippen LogP contribution in [0.25, 0.3) is 86.3 Å². The lowest BCUT2D eigenvalue weighted by molar-refractivity contribution is 0.669. The Kier molecular flexibility index (Phi) is 7.39. The van der Waals surface area contributed by atoms with E-state index in [2.05, 4.69) is 199 Å². The molecule has 2 nitrogen and oxygen atoms in total. The van der Waals surface area contributed by atoms with Crippen molar-refractivity contribution in [3.8, 4) is 33.4 Å². The van der Waals surface area contributed by atoms with E-state index in [1.165, 1.54) is 64.3 Å².